The second kappa shape index (κ2) is 9.62. The molecule has 26 heavy (non-hydrogen) atoms. The summed E-state index contributed by atoms with van der Waals surface area (Å²) in [6.45, 7) is 9.52. The Labute approximate surface area is 164 Å². The van der Waals surface area contributed by atoms with E-state index in [2.05, 4.69) is 48.9 Å². The van der Waals surface area contributed by atoms with Gasteiger partial charge in [-0.2, -0.15) is 0 Å². The molecular weight excluding hydrogens is 394 g/mol. The maximum absolute atomic E-state index is 12.8. The molecule has 140 valence electrons. The van der Waals surface area contributed by atoms with Crippen LogP contribution in [0.5, 0.6) is 11.5 Å². The molecule has 0 aliphatic carbocycles. The summed E-state index contributed by atoms with van der Waals surface area (Å²) in [6.07, 6.45) is 0. The molecule has 2 aromatic carbocycles. The molecule has 0 heterocycles. The first kappa shape index (κ1) is 20.3. The van der Waals surface area contributed by atoms with Gasteiger partial charge in [0.1, 0.15) is 11.5 Å². The van der Waals surface area contributed by atoms with Gasteiger partial charge in [0, 0.05) is 16.2 Å². The number of nitrogens with one attached hydrogen (secondary N) is 1. The van der Waals surface area contributed by atoms with Crippen LogP contribution in [0.1, 0.15) is 38.1 Å². The van der Waals surface area contributed by atoms with Gasteiger partial charge in [0.15, 0.2) is 0 Å². The number of carbonyl (C=O) groups is 1. The Kier molecular flexibility index (Phi) is 7.51. The Morgan fingerprint density at radius 2 is 1.69 bits per heavy atom. The van der Waals surface area contributed by atoms with Crippen molar-refractivity contribution in [3.8, 4) is 11.5 Å². The number of anilines is 1. The van der Waals surface area contributed by atoms with Gasteiger partial charge in [-0.15, -0.1) is 0 Å². The lowest BCUT2D eigenvalue weighted by molar-refractivity contribution is 0.102. The third-order valence-corrected chi connectivity index (χ3v) is 3.93. The maximum atomic E-state index is 12.8. The Morgan fingerprint density at radius 3 is 2.38 bits per heavy atom. The summed E-state index contributed by atoms with van der Waals surface area (Å²) >= 11 is 3.42. The average Bonchev–Trinajstić information content (AvgIpc) is 2.59. The van der Waals surface area contributed by atoms with Gasteiger partial charge >= 0.3 is 0 Å². The lowest BCUT2D eigenvalue weighted by Crippen LogP contribution is -2.15. The van der Waals surface area contributed by atoms with E-state index >= 15 is 0 Å². The van der Waals surface area contributed by atoms with Crippen molar-refractivity contribution in [2.24, 2.45) is 11.8 Å². The summed E-state index contributed by atoms with van der Waals surface area (Å²) in [5, 5.41) is 2.92. The second-order valence-corrected chi connectivity index (χ2v) is 7.95. The molecule has 5 heteroatoms. The maximum Gasteiger partial charge on any atom is 0.259 e. The van der Waals surface area contributed by atoms with Crippen LogP contribution in [0, 0.1) is 11.8 Å². The fourth-order valence-electron chi connectivity index (χ4n) is 2.19. The number of carbonyl (C=O) groups excluding carboxylic acids is 1. The molecule has 0 aliphatic rings. The highest BCUT2D eigenvalue weighted by Gasteiger charge is 2.14. The van der Waals surface area contributed by atoms with E-state index in [9.17, 15) is 4.79 Å². The zero-order valence-electron chi connectivity index (χ0n) is 15.7. The van der Waals surface area contributed by atoms with Gasteiger partial charge in [-0.3, -0.25) is 4.79 Å². The zero-order chi connectivity index (χ0) is 19.1. The molecule has 0 saturated carbocycles. The van der Waals surface area contributed by atoms with Crippen molar-refractivity contribution in [1.82, 2.24) is 0 Å². The molecule has 1 amide bonds. The van der Waals surface area contributed by atoms with Crippen LogP contribution in [0.15, 0.2) is 46.9 Å². The van der Waals surface area contributed by atoms with E-state index < -0.39 is 0 Å². The number of hydrogen-bond donors (Lipinski definition) is 1. The molecule has 4 nitrogen and oxygen atoms in total. The van der Waals surface area contributed by atoms with Crippen molar-refractivity contribution in [2.75, 3.05) is 18.5 Å². The van der Waals surface area contributed by atoms with Gasteiger partial charge in [-0.25, -0.2) is 0 Å². The Bertz CT molecular complexity index is 744. The van der Waals surface area contributed by atoms with Gasteiger partial charge in [-0.1, -0.05) is 49.7 Å². The molecule has 0 radical (unpaired) electrons. The molecule has 0 bridgehead atoms. The number of halogens is 1. The van der Waals surface area contributed by atoms with Crippen molar-refractivity contribution in [2.45, 2.75) is 27.7 Å². The molecule has 0 unspecified atom stereocenters. The van der Waals surface area contributed by atoms with Gasteiger partial charge in [0.2, 0.25) is 0 Å². The minimum Gasteiger partial charge on any atom is -0.493 e. The topological polar surface area (TPSA) is 47.6 Å². The lowest BCUT2D eigenvalue weighted by atomic mass is 10.1. The standard InChI is InChI=1S/C21H26BrNO3/c1-14(2)12-25-18-7-5-6-17(11-18)23-21(24)19-10-16(22)8-9-20(19)26-13-15(3)4/h5-11,14-15H,12-13H2,1-4H3,(H,23,24). The van der Waals surface area contributed by atoms with E-state index in [-0.39, 0.29) is 5.91 Å². The van der Waals surface area contributed by atoms with Crippen LogP contribution in [0.4, 0.5) is 5.69 Å². The van der Waals surface area contributed by atoms with Crippen LogP contribution in [-0.2, 0) is 0 Å². The Balaban J connectivity index is 2.14. The van der Waals surface area contributed by atoms with Crippen molar-refractivity contribution >= 4 is 27.5 Å². The van der Waals surface area contributed by atoms with Gasteiger partial charge in [-0.05, 0) is 42.2 Å². The van der Waals surface area contributed by atoms with Crippen LogP contribution in [0.2, 0.25) is 0 Å². The molecule has 0 fully saturated rings. The van der Waals surface area contributed by atoms with Crippen LogP contribution < -0.4 is 14.8 Å². The minimum absolute atomic E-state index is 0.217. The molecule has 2 rings (SSSR count). The predicted molar refractivity (Wildman–Crippen MR) is 109 cm³/mol. The summed E-state index contributed by atoms with van der Waals surface area (Å²) < 4.78 is 12.3. The van der Waals surface area contributed by atoms with Crippen molar-refractivity contribution < 1.29 is 14.3 Å². The van der Waals surface area contributed by atoms with Crippen LogP contribution in [-0.4, -0.2) is 19.1 Å². The zero-order valence-corrected chi connectivity index (χ0v) is 17.3. The third kappa shape index (κ3) is 6.37. The summed E-state index contributed by atoms with van der Waals surface area (Å²) in [7, 11) is 0. The van der Waals surface area contributed by atoms with E-state index in [4.69, 9.17) is 9.47 Å². The highest BCUT2D eigenvalue weighted by molar-refractivity contribution is 9.10. The van der Waals surface area contributed by atoms with E-state index in [0.29, 0.717) is 42.0 Å². The fourth-order valence-corrected chi connectivity index (χ4v) is 2.55. The van der Waals surface area contributed by atoms with Crippen molar-refractivity contribution in [3.63, 3.8) is 0 Å². The van der Waals surface area contributed by atoms with Gasteiger partial charge in [0.25, 0.3) is 5.91 Å². The molecule has 0 atom stereocenters. The van der Waals surface area contributed by atoms with Gasteiger partial charge in [0.05, 0.1) is 18.8 Å². The first-order valence-corrected chi connectivity index (χ1v) is 9.61. The minimum atomic E-state index is -0.217. The largest absolute Gasteiger partial charge is 0.493 e. The summed E-state index contributed by atoms with van der Waals surface area (Å²) in [4.78, 5) is 12.8. The second-order valence-electron chi connectivity index (χ2n) is 7.03. The highest BCUT2D eigenvalue weighted by atomic mass is 79.9. The smallest absolute Gasteiger partial charge is 0.259 e. The summed E-state index contributed by atoms with van der Waals surface area (Å²) in [5.41, 5.74) is 1.18. The van der Waals surface area contributed by atoms with Gasteiger partial charge < -0.3 is 14.8 Å². The number of amides is 1. The van der Waals surface area contributed by atoms with Crippen LogP contribution >= 0.6 is 15.9 Å². The molecule has 0 spiro atoms. The molecule has 0 saturated heterocycles. The lowest BCUT2D eigenvalue weighted by Gasteiger charge is -2.14. The molecule has 1 N–H and O–H groups in total. The first-order valence-electron chi connectivity index (χ1n) is 8.81. The fraction of sp³-hybridized carbons (Fsp3) is 0.381. The SMILES string of the molecule is CC(C)COc1cccc(NC(=O)c2cc(Br)ccc2OCC(C)C)c1. The van der Waals surface area contributed by atoms with Crippen molar-refractivity contribution in [1.29, 1.82) is 0 Å². The first-order chi connectivity index (χ1) is 12.3. The molecule has 0 aliphatic heterocycles. The molecule has 0 aromatic heterocycles. The molecule has 2 aromatic rings. The predicted octanol–water partition coefficient (Wildman–Crippen LogP) is 5.77. The number of benzene rings is 2. The third-order valence-electron chi connectivity index (χ3n) is 3.43. The monoisotopic (exact) mass is 419 g/mol. The Hall–Kier alpha value is -2.01. The summed E-state index contributed by atoms with van der Waals surface area (Å²) in [5.74, 6) is 1.92. The number of rotatable bonds is 8. The van der Waals surface area contributed by atoms with E-state index in [1.54, 1.807) is 6.07 Å². The molecular formula is C21H26BrNO3. The number of ether oxygens (including phenoxy) is 2. The normalized spacial score (nSPS) is 10.9. The number of hydrogen-bond acceptors (Lipinski definition) is 3. The Morgan fingerprint density at radius 1 is 1.00 bits per heavy atom. The van der Waals surface area contributed by atoms with E-state index in [1.807, 2.05) is 36.4 Å². The quantitative estimate of drug-likeness (QED) is 0.590. The van der Waals surface area contributed by atoms with E-state index in [0.717, 1.165) is 10.2 Å². The summed E-state index contributed by atoms with van der Waals surface area (Å²) in [6, 6.07) is 12.9. The van der Waals surface area contributed by atoms with Crippen molar-refractivity contribution in [3.05, 3.63) is 52.5 Å². The highest BCUT2D eigenvalue weighted by Crippen LogP contribution is 2.26. The van der Waals surface area contributed by atoms with E-state index in [1.165, 1.54) is 0 Å². The van der Waals surface area contributed by atoms with Crippen LogP contribution in [0.3, 0.4) is 0 Å². The van der Waals surface area contributed by atoms with Crippen LogP contribution in [0.25, 0.3) is 0 Å². The average molecular weight is 420 g/mol.